The number of H-pyrrole nitrogens is 1. The monoisotopic (exact) mass is 414 g/mol. The van der Waals surface area contributed by atoms with Gasteiger partial charge in [-0.3, -0.25) is 5.10 Å². The van der Waals surface area contributed by atoms with E-state index in [1.165, 1.54) is 0 Å². The van der Waals surface area contributed by atoms with Gasteiger partial charge in [-0.1, -0.05) is 22.9 Å². The minimum absolute atomic E-state index is 0.0793. The standard InChI is InChI=1S/C16H23BrN4O2S/c1-5-6-15-19-20-16(24)21(15)18-9-11-7-13(22-4)14(8-12(11)17)23-10(2)3/h7-8,10,18H,5-6,9H2,1-4H3,(H,20,24). The lowest BCUT2D eigenvalue weighted by molar-refractivity contribution is 0.230. The minimum Gasteiger partial charge on any atom is -0.493 e. The summed E-state index contributed by atoms with van der Waals surface area (Å²) in [5, 5.41) is 7.07. The van der Waals surface area contributed by atoms with E-state index in [1.54, 1.807) is 7.11 Å². The number of aryl methyl sites for hydroxylation is 1. The SMILES string of the molecule is CCCc1n[nH]c(=S)n1NCc1cc(OC)c(OC(C)C)cc1Br. The molecule has 0 aliphatic carbocycles. The van der Waals surface area contributed by atoms with E-state index >= 15 is 0 Å². The molecular formula is C16H23BrN4O2S. The first-order chi connectivity index (χ1) is 11.5. The number of aromatic nitrogens is 3. The van der Waals surface area contributed by atoms with E-state index < -0.39 is 0 Å². The lowest BCUT2D eigenvalue weighted by Gasteiger charge is -2.17. The zero-order chi connectivity index (χ0) is 17.7. The molecule has 0 amide bonds. The zero-order valence-corrected chi connectivity index (χ0v) is 16.8. The predicted octanol–water partition coefficient (Wildman–Crippen LogP) is 4.20. The van der Waals surface area contributed by atoms with Crippen molar-refractivity contribution in [1.29, 1.82) is 0 Å². The third-order valence-corrected chi connectivity index (χ3v) is 4.35. The number of methoxy groups -OCH3 is 1. The van der Waals surface area contributed by atoms with Crippen molar-refractivity contribution < 1.29 is 9.47 Å². The fourth-order valence-corrected chi connectivity index (χ4v) is 2.94. The number of ether oxygens (including phenoxy) is 2. The number of nitrogens with zero attached hydrogens (tertiary/aromatic N) is 2. The van der Waals surface area contributed by atoms with Gasteiger partial charge in [0.15, 0.2) is 17.3 Å². The summed E-state index contributed by atoms with van der Waals surface area (Å²) in [4.78, 5) is 0. The van der Waals surface area contributed by atoms with Crippen LogP contribution in [0.15, 0.2) is 16.6 Å². The lowest BCUT2D eigenvalue weighted by Crippen LogP contribution is -2.18. The molecule has 0 atom stereocenters. The van der Waals surface area contributed by atoms with Gasteiger partial charge in [-0.2, -0.15) is 5.10 Å². The van der Waals surface area contributed by atoms with Crippen molar-refractivity contribution in [2.24, 2.45) is 0 Å². The van der Waals surface area contributed by atoms with Crippen LogP contribution in [0.2, 0.25) is 0 Å². The maximum absolute atomic E-state index is 5.78. The van der Waals surface area contributed by atoms with Crippen molar-refractivity contribution >= 4 is 28.1 Å². The molecule has 1 aromatic carbocycles. The molecule has 2 N–H and O–H groups in total. The average molecular weight is 415 g/mol. The van der Waals surface area contributed by atoms with Crippen molar-refractivity contribution in [3.63, 3.8) is 0 Å². The van der Waals surface area contributed by atoms with Crippen molar-refractivity contribution in [3.05, 3.63) is 32.8 Å². The Morgan fingerprint density at radius 1 is 1.38 bits per heavy atom. The van der Waals surface area contributed by atoms with Gasteiger partial charge in [-0.15, -0.1) is 0 Å². The predicted molar refractivity (Wildman–Crippen MR) is 101 cm³/mol. The molecule has 0 fully saturated rings. The van der Waals surface area contributed by atoms with Crippen molar-refractivity contribution in [3.8, 4) is 11.5 Å². The topological polar surface area (TPSA) is 64.1 Å². The van der Waals surface area contributed by atoms with E-state index in [1.807, 2.05) is 30.7 Å². The fourth-order valence-electron chi connectivity index (χ4n) is 2.27. The summed E-state index contributed by atoms with van der Waals surface area (Å²) in [6, 6.07) is 3.88. The van der Waals surface area contributed by atoms with Gasteiger partial charge in [-0.05, 0) is 50.2 Å². The Labute approximate surface area is 155 Å². The van der Waals surface area contributed by atoms with Crippen LogP contribution < -0.4 is 14.9 Å². The summed E-state index contributed by atoms with van der Waals surface area (Å²) >= 11 is 8.88. The molecule has 0 spiro atoms. The van der Waals surface area contributed by atoms with Crippen LogP contribution >= 0.6 is 28.1 Å². The summed E-state index contributed by atoms with van der Waals surface area (Å²) in [6.45, 7) is 6.65. The molecule has 1 heterocycles. The summed E-state index contributed by atoms with van der Waals surface area (Å²) in [7, 11) is 1.64. The van der Waals surface area contributed by atoms with Crippen LogP contribution in [0.3, 0.4) is 0 Å². The van der Waals surface area contributed by atoms with Gasteiger partial charge in [-0.25, -0.2) is 4.68 Å². The molecule has 0 unspecified atom stereocenters. The van der Waals surface area contributed by atoms with Gasteiger partial charge in [0.25, 0.3) is 0 Å². The van der Waals surface area contributed by atoms with Crippen LogP contribution in [0.4, 0.5) is 0 Å². The van der Waals surface area contributed by atoms with Gasteiger partial charge in [0, 0.05) is 10.9 Å². The molecule has 1 aromatic heterocycles. The highest BCUT2D eigenvalue weighted by molar-refractivity contribution is 9.10. The molecule has 2 aromatic rings. The second kappa shape index (κ2) is 8.53. The maximum atomic E-state index is 5.78. The van der Waals surface area contributed by atoms with Crippen LogP contribution in [0.5, 0.6) is 11.5 Å². The first-order valence-electron chi connectivity index (χ1n) is 7.89. The third kappa shape index (κ3) is 4.51. The molecule has 8 heteroatoms. The second-order valence-corrected chi connectivity index (χ2v) is 6.87. The number of aromatic amines is 1. The zero-order valence-electron chi connectivity index (χ0n) is 14.4. The number of halogens is 1. The molecule has 0 aliphatic heterocycles. The molecule has 0 bridgehead atoms. The highest BCUT2D eigenvalue weighted by Crippen LogP contribution is 2.34. The van der Waals surface area contributed by atoms with Gasteiger partial charge in [0.2, 0.25) is 4.77 Å². The van der Waals surface area contributed by atoms with E-state index in [0.29, 0.717) is 17.1 Å². The molecule has 0 aliphatic rings. The Bertz CT molecular complexity index is 742. The Hall–Kier alpha value is -1.54. The summed E-state index contributed by atoms with van der Waals surface area (Å²) in [5.74, 6) is 2.31. The van der Waals surface area contributed by atoms with Crippen LogP contribution in [0, 0.1) is 4.77 Å². The van der Waals surface area contributed by atoms with E-state index in [4.69, 9.17) is 21.7 Å². The van der Waals surface area contributed by atoms with Gasteiger partial charge < -0.3 is 14.9 Å². The molecule has 132 valence electrons. The summed E-state index contributed by atoms with van der Waals surface area (Å²) in [5.41, 5.74) is 4.34. The number of hydrogen-bond donors (Lipinski definition) is 2. The second-order valence-electron chi connectivity index (χ2n) is 5.63. The van der Waals surface area contributed by atoms with Gasteiger partial charge in [0.1, 0.15) is 0 Å². The van der Waals surface area contributed by atoms with Crippen LogP contribution in [0.25, 0.3) is 0 Å². The molecular weight excluding hydrogens is 392 g/mol. The smallest absolute Gasteiger partial charge is 0.214 e. The number of benzene rings is 1. The van der Waals surface area contributed by atoms with E-state index in [0.717, 1.165) is 34.5 Å². The molecule has 24 heavy (non-hydrogen) atoms. The number of rotatable bonds is 8. The largest absolute Gasteiger partial charge is 0.493 e. The Balaban J connectivity index is 2.21. The maximum Gasteiger partial charge on any atom is 0.214 e. The van der Waals surface area contributed by atoms with E-state index in [2.05, 4.69) is 38.5 Å². The Morgan fingerprint density at radius 2 is 2.12 bits per heavy atom. The molecule has 0 saturated carbocycles. The summed E-state index contributed by atoms with van der Waals surface area (Å²) in [6.07, 6.45) is 1.93. The third-order valence-electron chi connectivity index (χ3n) is 3.34. The van der Waals surface area contributed by atoms with Crippen molar-refractivity contribution in [1.82, 2.24) is 14.9 Å². The van der Waals surface area contributed by atoms with Crippen LogP contribution in [0.1, 0.15) is 38.6 Å². The Morgan fingerprint density at radius 3 is 2.75 bits per heavy atom. The van der Waals surface area contributed by atoms with Crippen molar-refractivity contribution in [2.75, 3.05) is 12.5 Å². The number of hydrogen-bond acceptors (Lipinski definition) is 5. The molecule has 2 rings (SSSR count). The highest BCUT2D eigenvalue weighted by atomic mass is 79.9. The van der Waals surface area contributed by atoms with Gasteiger partial charge in [0.05, 0.1) is 19.8 Å². The van der Waals surface area contributed by atoms with Crippen molar-refractivity contribution in [2.45, 2.75) is 46.3 Å². The number of nitrogens with one attached hydrogen (secondary N) is 2. The first kappa shape index (κ1) is 18.8. The van der Waals surface area contributed by atoms with Crippen LogP contribution in [-0.4, -0.2) is 28.1 Å². The molecule has 0 saturated heterocycles. The minimum atomic E-state index is 0.0793. The molecule has 0 radical (unpaired) electrons. The lowest BCUT2D eigenvalue weighted by atomic mass is 10.2. The van der Waals surface area contributed by atoms with E-state index in [-0.39, 0.29) is 6.10 Å². The highest BCUT2D eigenvalue weighted by Gasteiger charge is 2.12. The quantitative estimate of drug-likeness (QED) is 0.633. The van der Waals surface area contributed by atoms with Crippen LogP contribution in [-0.2, 0) is 13.0 Å². The fraction of sp³-hybridized carbons (Fsp3) is 0.500. The van der Waals surface area contributed by atoms with E-state index in [9.17, 15) is 0 Å². The first-order valence-corrected chi connectivity index (χ1v) is 9.09. The molecule has 6 nitrogen and oxygen atoms in total. The summed E-state index contributed by atoms with van der Waals surface area (Å²) < 4.78 is 14.5. The average Bonchev–Trinajstić information content (AvgIpc) is 2.87. The van der Waals surface area contributed by atoms with Gasteiger partial charge >= 0.3 is 0 Å². The normalized spacial score (nSPS) is 10.9. The Kier molecular flexibility index (Phi) is 6.68.